The highest BCUT2D eigenvalue weighted by Gasteiger charge is 2.34. The molecule has 104 valence electrons. The summed E-state index contributed by atoms with van der Waals surface area (Å²) in [5.41, 5.74) is 0.820. The summed E-state index contributed by atoms with van der Waals surface area (Å²) in [5, 5.41) is 0. The van der Waals surface area contributed by atoms with Crippen molar-refractivity contribution >= 4 is 23.4 Å². The van der Waals surface area contributed by atoms with Crippen LogP contribution in [0.1, 0.15) is 46.9 Å². The number of carbonyl (C=O) groups is 4. The molecule has 0 saturated carbocycles. The molecule has 20 heavy (non-hydrogen) atoms. The number of carbonyl (C=O) groups excluding carboxylic acids is 4. The van der Waals surface area contributed by atoms with Gasteiger partial charge in [-0.3, -0.25) is 24.1 Å². The van der Waals surface area contributed by atoms with Gasteiger partial charge in [-0.25, -0.2) is 0 Å². The van der Waals surface area contributed by atoms with Gasteiger partial charge in [0.25, 0.3) is 11.8 Å². The molecule has 5 heteroatoms. The number of ketones is 2. The minimum atomic E-state index is -0.315. The molecular weight excluding hydrogens is 258 g/mol. The van der Waals surface area contributed by atoms with E-state index in [2.05, 4.69) is 0 Å². The molecule has 0 bridgehead atoms. The van der Waals surface area contributed by atoms with E-state index >= 15 is 0 Å². The number of hydrogen-bond acceptors (Lipinski definition) is 4. The number of hydrogen-bond donors (Lipinski definition) is 0. The van der Waals surface area contributed by atoms with E-state index in [9.17, 15) is 19.2 Å². The maximum absolute atomic E-state index is 12.0. The largest absolute Gasteiger partial charge is 0.300 e. The Kier molecular flexibility index (Phi) is 4.08. The smallest absolute Gasteiger partial charge is 0.261 e. The van der Waals surface area contributed by atoms with Crippen LogP contribution in [0.15, 0.2) is 24.3 Å². The first-order chi connectivity index (χ1) is 9.50. The predicted molar refractivity (Wildman–Crippen MR) is 71.3 cm³/mol. The number of nitrogens with zero attached hydrogens (tertiary/aromatic N) is 1. The third-order valence-electron chi connectivity index (χ3n) is 3.16. The highest BCUT2D eigenvalue weighted by atomic mass is 16.2. The number of fused-ring (bicyclic) bond motifs is 1. The molecule has 0 aromatic heterocycles. The Morgan fingerprint density at radius 3 is 2.10 bits per heavy atom. The van der Waals surface area contributed by atoms with E-state index in [1.807, 2.05) is 0 Å². The van der Waals surface area contributed by atoms with Crippen molar-refractivity contribution in [3.8, 4) is 0 Å². The Morgan fingerprint density at radius 1 is 1.05 bits per heavy atom. The van der Waals surface area contributed by atoms with Crippen molar-refractivity contribution < 1.29 is 19.2 Å². The van der Waals surface area contributed by atoms with Crippen LogP contribution in [-0.2, 0) is 9.59 Å². The standard InChI is InChI=1S/C15H15NO4/c1-10(17)9-11(18)5-4-8-16-14(19)12-6-2-3-7-13(12)15(16)20/h2-3,6-7H,4-5,8-9H2,1H3. The average molecular weight is 273 g/mol. The lowest BCUT2D eigenvalue weighted by Crippen LogP contribution is -2.31. The van der Waals surface area contributed by atoms with Gasteiger partial charge < -0.3 is 0 Å². The summed E-state index contributed by atoms with van der Waals surface area (Å²) >= 11 is 0. The van der Waals surface area contributed by atoms with Crippen molar-refractivity contribution in [1.29, 1.82) is 0 Å². The molecular formula is C15H15NO4. The van der Waals surface area contributed by atoms with Crippen molar-refractivity contribution in [1.82, 2.24) is 4.90 Å². The molecule has 1 aromatic carbocycles. The Hall–Kier alpha value is -2.30. The third kappa shape index (κ3) is 2.82. The van der Waals surface area contributed by atoms with Crippen LogP contribution in [0, 0.1) is 0 Å². The summed E-state index contributed by atoms with van der Waals surface area (Å²) in [6, 6.07) is 6.67. The zero-order valence-corrected chi connectivity index (χ0v) is 11.2. The van der Waals surface area contributed by atoms with Gasteiger partial charge in [0.2, 0.25) is 0 Å². The second-order valence-electron chi connectivity index (χ2n) is 4.83. The Bertz CT molecular complexity index is 556. The Balaban J connectivity index is 1.93. The number of imide groups is 1. The first kappa shape index (κ1) is 14.1. The molecule has 0 unspecified atom stereocenters. The molecule has 0 radical (unpaired) electrons. The number of amides is 2. The summed E-state index contributed by atoms with van der Waals surface area (Å²) in [6.07, 6.45) is 0.507. The number of Topliss-reactive ketones (excluding diaryl/α,β-unsaturated/α-hetero) is 2. The van der Waals surface area contributed by atoms with E-state index in [0.29, 0.717) is 17.5 Å². The van der Waals surface area contributed by atoms with Crippen molar-refractivity contribution in [3.05, 3.63) is 35.4 Å². The lowest BCUT2D eigenvalue weighted by atomic mass is 10.1. The van der Waals surface area contributed by atoms with Crippen LogP contribution in [0.5, 0.6) is 0 Å². The normalized spacial score (nSPS) is 13.6. The van der Waals surface area contributed by atoms with E-state index in [-0.39, 0.29) is 42.8 Å². The summed E-state index contributed by atoms with van der Waals surface area (Å²) in [4.78, 5) is 47.4. The van der Waals surface area contributed by atoms with Crippen LogP contribution in [0.4, 0.5) is 0 Å². The van der Waals surface area contributed by atoms with Gasteiger partial charge in [0.1, 0.15) is 11.6 Å². The highest BCUT2D eigenvalue weighted by molar-refractivity contribution is 6.21. The van der Waals surface area contributed by atoms with Crippen molar-refractivity contribution in [2.75, 3.05) is 6.54 Å². The fourth-order valence-corrected chi connectivity index (χ4v) is 2.24. The fourth-order valence-electron chi connectivity index (χ4n) is 2.24. The van der Waals surface area contributed by atoms with Crippen LogP contribution in [0.2, 0.25) is 0 Å². The highest BCUT2D eigenvalue weighted by Crippen LogP contribution is 2.22. The SMILES string of the molecule is CC(=O)CC(=O)CCCN1C(=O)c2ccccc2C1=O. The van der Waals surface area contributed by atoms with Gasteiger partial charge in [-0.15, -0.1) is 0 Å². The third-order valence-corrected chi connectivity index (χ3v) is 3.16. The monoisotopic (exact) mass is 273 g/mol. The van der Waals surface area contributed by atoms with E-state index in [0.717, 1.165) is 4.90 Å². The van der Waals surface area contributed by atoms with Crippen LogP contribution in [-0.4, -0.2) is 34.8 Å². The summed E-state index contributed by atoms with van der Waals surface area (Å²) in [6.45, 7) is 1.57. The van der Waals surface area contributed by atoms with Gasteiger partial charge in [-0.05, 0) is 25.5 Å². The second-order valence-corrected chi connectivity index (χ2v) is 4.83. The van der Waals surface area contributed by atoms with E-state index in [1.165, 1.54) is 6.92 Å². The first-order valence-corrected chi connectivity index (χ1v) is 6.47. The molecule has 0 saturated heterocycles. The van der Waals surface area contributed by atoms with E-state index in [4.69, 9.17) is 0 Å². The van der Waals surface area contributed by atoms with Crippen LogP contribution >= 0.6 is 0 Å². The van der Waals surface area contributed by atoms with Crippen molar-refractivity contribution in [3.63, 3.8) is 0 Å². The maximum atomic E-state index is 12.0. The van der Waals surface area contributed by atoms with Gasteiger partial charge in [0, 0.05) is 13.0 Å². The Morgan fingerprint density at radius 2 is 1.60 bits per heavy atom. The van der Waals surface area contributed by atoms with Gasteiger partial charge in [0.15, 0.2) is 0 Å². The quantitative estimate of drug-likeness (QED) is 0.583. The molecule has 0 spiro atoms. The molecule has 2 amide bonds. The molecule has 0 N–H and O–H groups in total. The topological polar surface area (TPSA) is 71.5 Å². The molecule has 1 heterocycles. The van der Waals surface area contributed by atoms with Gasteiger partial charge in [0.05, 0.1) is 17.5 Å². The molecule has 2 rings (SSSR count). The molecule has 0 atom stereocenters. The van der Waals surface area contributed by atoms with Gasteiger partial charge in [-0.1, -0.05) is 12.1 Å². The zero-order chi connectivity index (χ0) is 14.7. The maximum Gasteiger partial charge on any atom is 0.261 e. The minimum absolute atomic E-state index is 0.0812. The number of benzene rings is 1. The summed E-state index contributed by atoms with van der Waals surface area (Å²) in [7, 11) is 0. The molecule has 0 aliphatic carbocycles. The molecule has 0 fully saturated rings. The lowest BCUT2D eigenvalue weighted by Gasteiger charge is -2.12. The predicted octanol–water partition coefficient (Wildman–Crippen LogP) is 1.61. The second kappa shape index (κ2) is 5.77. The van der Waals surface area contributed by atoms with Crippen molar-refractivity contribution in [2.45, 2.75) is 26.2 Å². The van der Waals surface area contributed by atoms with E-state index < -0.39 is 0 Å². The first-order valence-electron chi connectivity index (χ1n) is 6.47. The van der Waals surface area contributed by atoms with Crippen LogP contribution < -0.4 is 0 Å². The molecule has 5 nitrogen and oxygen atoms in total. The zero-order valence-electron chi connectivity index (χ0n) is 11.2. The summed E-state index contributed by atoms with van der Waals surface area (Å²) < 4.78 is 0. The van der Waals surface area contributed by atoms with Crippen LogP contribution in [0.25, 0.3) is 0 Å². The van der Waals surface area contributed by atoms with Crippen molar-refractivity contribution in [2.24, 2.45) is 0 Å². The average Bonchev–Trinajstić information content (AvgIpc) is 2.63. The van der Waals surface area contributed by atoms with Gasteiger partial charge in [-0.2, -0.15) is 0 Å². The minimum Gasteiger partial charge on any atom is -0.300 e. The lowest BCUT2D eigenvalue weighted by molar-refractivity contribution is -0.125. The molecule has 1 aromatic rings. The van der Waals surface area contributed by atoms with Crippen LogP contribution in [0.3, 0.4) is 0 Å². The summed E-state index contributed by atoms with van der Waals surface area (Å²) in [5.74, 6) is -0.959. The van der Waals surface area contributed by atoms with Gasteiger partial charge >= 0.3 is 0 Å². The molecule has 1 aliphatic heterocycles. The van der Waals surface area contributed by atoms with E-state index in [1.54, 1.807) is 24.3 Å². The Labute approximate surface area is 116 Å². The molecule has 1 aliphatic rings. The fraction of sp³-hybridized carbons (Fsp3) is 0.333. The number of rotatable bonds is 6.